The molecule has 0 bridgehead atoms. The van der Waals surface area contributed by atoms with Gasteiger partial charge in [-0.25, -0.2) is 4.79 Å². The first-order chi connectivity index (χ1) is 9.50. The maximum Gasteiger partial charge on any atom is 0.335 e. The van der Waals surface area contributed by atoms with Gasteiger partial charge in [0.05, 0.1) is 16.1 Å². The monoisotopic (exact) mass is 286 g/mol. The van der Waals surface area contributed by atoms with Crippen LogP contribution in [0.2, 0.25) is 5.02 Å². The van der Waals surface area contributed by atoms with E-state index >= 15 is 0 Å². The van der Waals surface area contributed by atoms with Crippen molar-refractivity contribution in [3.63, 3.8) is 0 Å². The molecular weight excluding hydrogens is 280 g/mol. The first-order valence-corrected chi connectivity index (χ1v) is 6.13. The average molecular weight is 287 g/mol. The molecule has 0 radical (unpaired) electrons. The molecule has 1 N–H and O–H groups in total. The minimum absolute atomic E-state index is 0.0413. The number of ketones is 2. The SMILES string of the molecule is O=C(O)c1ccc2c(c1)C(=O)c1c(Cl)cccc1C2=O. The molecule has 0 spiro atoms. The largest absolute Gasteiger partial charge is 0.478 e. The van der Waals surface area contributed by atoms with Crippen LogP contribution in [0.15, 0.2) is 36.4 Å². The number of carboxylic acid groups (broad SMARTS) is 1. The quantitative estimate of drug-likeness (QED) is 0.746. The number of rotatable bonds is 1. The summed E-state index contributed by atoms with van der Waals surface area (Å²) in [7, 11) is 0. The normalized spacial score (nSPS) is 12.8. The number of carboxylic acids is 1. The molecule has 0 aliphatic heterocycles. The van der Waals surface area contributed by atoms with E-state index in [0.29, 0.717) is 0 Å². The van der Waals surface area contributed by atoms with E-state index in [1.807, 2.05) is 0 Å². The van der Waals surface area contributed by atoms with Crippen LogP contribution in [-0.2, 0) is 0 Å². The Kier molecular flexibility index (Phi) is 2.69. The Hall–Kier alpha value is -2.46. The molecule has 0 aromatic heterocycles. The molecule has 3 rings (SSSR count). The van der Waals surface area contributed by atoms with Crippen LogP contribution in [0.3, 0.4) is 0 Å². The van der Waals surface area contributed by atoms with Crippen molar-refractivity contribution < 1.29 is 19.5 Å². The van der Waals surface area contributed by atoms with Crippen LogP contribution in [0, 0.1) is 0 Å². The zero-order valence-corrected chi connectivity index (χ0v) is 10.8. The van der Waals surface area contributed by atoms with Crippen molar-refractivity contribution in [1.29, 1.82) is 0 Å². The standard InChI is InChI=1S/C15H7ClO4/c16-11-3-1-2-9-12(11)14(18)10-6-7(15(19)20)4-5-8(10)13(9)17/h1-6H,(H,19,20). The Morgan fingerprint density at radius 3 is 2.40 bits per heavy atom. The number of carbonyl (C=O) groups is 3. The third-order valence-electron chi connectivity index (χ3n) is 3.24. The number of benzene rings is 2. The molecule has 2 aromatic rings. The third kappa shape index (κ3) is 1.66. The van der Waals surface area contributed by atoms with Gasteiger partial charge >= 0.3 is 5.97 Å². The minimum Gasteiger partial charge on any atom is -0.478 e. The van der Waals surface area contributed by atoms with Gasteiger partial charge in [-0.1, -0.05) is 23.7 Å². The second-order valence-electron chi connectivity index (χ2n) is 4.39. The van der Waals surface area contributed by atoms with Crippen LogP contribution >= 0.6 is 11.6 Å². The molecule has 0 saturated carbocycles. The van der Waals surface area contributed by atoms with Crippen LogP contribution in [-0.4, -0.2) is 22.6 Å². The van der Waals surface area contributed by atoms with E-state index in [1.165, 1.54) is 30.3 Å². The van der Waals surface area contributed by atoms with Gasteiger partial charge in [-0.15, -0.1) is 0 Å². The Bertz CT molecular complexity index is 792. The minimum atomic E-state index is -1.15. The van der Waals surface area contributed by atoms with Crippen LogP contribution in [0.4, 0.5) is 0 Å². The Balaban J connectivity index is 2.30. The number of halogens is 1. The van der Waals surface area contributed by atoms with Crippen molar-refractivity contribution in [2.45, 2.75) is 0 Å². The van der Waals surface area contributed by atoms with E-state index in [0.717, 1.165) is 0 Å². The fourth-order valence-corrected chi connectivity index (χ4v) is 2.55. The van der Waals surface area contributed by atoms with Gasteiger partial charge in [-0.3, -0.25) is 9.59 Å². The van der Waals surface area contributed by atoms with Gasteiger partial charge < -0.3 is 5.11 Å². The van der Waals surface area contributed by atoms with Crippen LogP contribution < -0.4 is 0 Å². The lowest BCUT2D eigenvalue weighted by Gasteiger charge is -2.18. The van der Waals surface area contributed by atoms with Gasteiger partial charge in [0.1, 0.15) is 0 Å². The molecule has 4 nitrogen and oxygen atoms in total. The number of fused-ring (bicyclic) bond motifs is 2. The second kappa shape index (κ2) is 4.28. The predicted molar refractivity (Wildman–Crippen MR) is 71.7 cm³/mol. The summed E-state index contributed by atoms with van der Waals surface area (Å²) < 4.78 is 0. The number of aromatic carboxylic acids is 1. The van der Waals surface area contributed by atoms with E-state index in [-0.39, 0.29) is 38.6 Å². The average Bonchev–Trinajstić information content (AvgIpc) is 2.44. The molecule has 1 aliphatic rings. The Morgan fingerprint density at radius 2 is 1.70 bits per heavy atom. The van der Waals surface area contributed by atoms with E-state index < -0.39 is 11.8 Å². The van der Waals surface area contributed by atoms with Gasteiger partial charge in [-0.2, -0.15) is 0 Å². The molecule has 0 fully saturated rings. The van der Waals surface area contributed by atoms with Crippen molar-refractivity contribution >= 4 is 29.1 Å². The lowest BCUT2D eigenvalue weighted by atomic mass is 9.83. The molecule has 20 heavy (non-hydrogen) atoms. The summed E-state index contributed by atoms with van der Waals surface area (Å²) in [6.45, 7) is 0. The van der Waals surface area contributed by atoms with Gasteiger partial charge in [0.2, 0.25) is 0 Å². The van der Waals surface area contributed by atoms with E-state index in [9.17, 15) is 14.4 Å². The third-order valence-corrected chi connectivity index (χ3v) is 3.56. The van der Waals surface area contributed by atoms with Crippen molar-refractivity contribution in [1.82, 2.24) is 0 Å². The lowest BCUT2D eigenvalue weighted by Crippen LogP contribution is -2.21. The van der Waals surface area contributed by atoms with E-state index in [2.05, 4.69) is 0 Å². The van der Waals surface area contributed by atoms with E-state index in [4.69, 9.17) is 16.7 Å². The summed E-state index contributed by atoms with van der Waals surface area (Å²) in [5.41, 5.74) is 0.623. The smallest absolute Gasteiger partial charge is 0.335 e. The molecule has 98 valence electrons. The summed E-state index contributed by atoms with van der Waals surface area (Å²) in [5.74, 6) is -1.91. The molecule has 0 amide bonds. The van der Waals surface area contributed by atoms with Crippen molar-refractivity contribution in [3.05, 3.63) is 69.2 Å². The summed E-state index contributed by atoms with van der Waals surface area (Å²) in [5, 5.41) is 9.15. The zero-order valence-electron chi connectivity index (χ0n) is 10.0. The highest BCUT2D eigenvalue weighted by Crippen LogP contribution is 2.32. The molecule has 0 atom stereocenters. The van der Waals surface area contributed by atoms with Crippen LogP contribution in [0.25, 0.3) is 0 Å². The van der Waals surface area contributed by atoms with Gasteiger partial charge in [0, 0.05) is 16.7 Å². The molecule has 0 saturated heterocycles. The molecule has 1 aliphatic carbocycles. The topological polar surface area (TPSA) is 71.4 Å². The second-order valence-corrected chi connectivity index (χ2v) is 4.79. The first-order valence-electron chi connectivity index (χ1n) is 5.76. The molecule has 0 unspecified atom stereocenters. The Labute approximate surface area is 118 Å². The predicted octanol–water partition coefficient (Wildman–Crippen LogP) is 2.81. The molecule has 5 heteroatoms. The van der Waals surface area contributed by atoms with Crippen molar-refractivity contribution in [2.24, 2.45) is 0 Å². The maximum atomic E-state index is 12.4. The summed E-state index contributed by atoms with van der Waals surface area (Å²) in [6, 6.07) is 8.55. The van der Waals surface area contributed by atoms with Gasteiger partial charge in [0.15, 0.2) is 11.6 Å². The Morgan fingerprint density at radius 1 is 0.950 bits per heavy atom. The van der Waals surface area contributed by atoms with Crippen LogP contribution in [0.1, 0.15) is 42.2 Å². The highest BCUT2D eigenvalue weighted by atomic mass is 35.5. The summed E-state index contributed by atoms with van der Waals surface area (Å²) in [6.07, 6.45) is 0. The fourth-order valence-electron chi connectivity index (χ4n) is 2.29. The van der Waals surface area contributed by atoms with Crippen LogP contribution in [0.5, 0.6) is 0 Å². The zero-order chi connectivity index (χ0) is 14.4. The maximum absolute atomic E-state index is 12.4. The highest BCUT2D eigenvalue weighted by Gasteiger charge is 2.31. The van der Waals surface area contributed by atoms with Gasteiger partial charge in [-0.05, 0) is 24.3 Å². The summed E-state index contributed by atoms with van der Waals surface area (Å²) >= 11 is 5.98. The van der Waals surface area contributed by atoms with Crippen molar-refractivity contribution in [2.75, 3.05) is 0 Å². The molecule has 2 aromatic carbocycles. The lowest BCUT2D eigenvalue weighted by molar-refractivity contribution is 0.0696. The molecular formula is C15H7ClO4. The summed E-state index contributed by atoms with van der Waals surface area (Å²) in [4.78, 5) is 35.7. The highest BCUT2D eigenvalue weighted by molar-refractivity contribution is 6.39. The molecule has 0 heterocycles. The van der Waals surface area contributed by atoms with Crippen molar-refractivity contribution in [3.8, 4) is 0 Å². The number of hydrogen-bond donors (Lipinski definition) is 1. The first kappa shape index (κ1) is 12.6. The number of hydrogen-bond acceptors (Lipinski definition) is 3. The van der Waals surface area contributed by atoms with E-state index in [1.54, 1.807) is 6.07 Å². The fraction of sp³-hybridized carbons (Fsp3) is 0. The van der Waals surface area contributed by atoms with Gasteiger partial charge in [0.25, 0.3) is 0 Å². The number of carbonyl (C=O) groups excluding carboxylic acids is 2.